The highest BCUT2D eigenvalue weighted by Crippen LogP contribution is 2.15. The second kappa shape index (κ2) is 5.65. The van der Waals surface area contributed by atoms with Crippen LogP contribution in [-0.2, 0) is 4.79 Å². The van der Waals surface area contributed by atoms with Gasteiger partial charge < -0.3 is 5.32 Å². The van der Waals surface area contributed by atoms with E-state index in [1.54, 1.807) is 6.21 Å². The van der Waals surface area contributed by atoms with E-state index in [9.17, 15) is 4.79 Å². The van der Waals surface area contributed by atoms with Crippen LogP contribution in [0, 0.1) is 3.95 Å². The van der Waals surface area contributed by atoms with Gasteiger partial charge in [0.2, 0.25) is 11.0 Å². The second-order valence-electron chi connectivity index (χ2n) is 3.46. The second-order valence-corrected chi connectivity index (χ2v) is 5.10. The van der Waals surface area contributed by atoms with E-state index in [0.717, 1.165) is 11.3 Å². The largest absolute Gasteiger partial charge is 0.326 e. The number of nitrogens with one attached hydrogen (secondary N) is 2. The summed E-state index contributed by atoms with van der Waals surface area (Å²) >= 11 is 6.22. The standard InChI is InChI=1S/C11H10N4OS2/c1-7(16)13-9-4-2-8(3-5-9)6-12-10-14-15-11(17)18-10/h2-6H,1H3,(H,13,16)(H,15,17). The van der Waals surface area contributed by atoms with Crippen molar-refractivity contribution >= 4 is 46.5 Å². The molecule has 0 atom stereocenters. The van der Waals surface area contributed by atoms with Crippen molar-refractivity contribution in [2.75, 3.05) is 5.32 Å². The number of rotatable bonds is 3. The Bertz CT molecular complexity index is 627. The number of hydrogen-bond acceptors (Lipinski definition) is 5. The van der Waals surface area contributed by atoms with Gasteiger partial charge in [0.1, 0.15) is 0 Å². The summed E-state index contributed by atoms with van der Waals surface area (Å²) in [5, 5.41) is 9.87. The molecule has 0 aliphatic rings. The fourth-order valence-corrected chi connectivity index (χ4v) is 1.99. The molecule has 0 fully saturated rings. The summed E-state index contributed by atoms with van der Waals surface area (Å²) in [6.07, 6.45) is 1.69. The van der Waals surface area contributed by atoms with Gasteiger partial charge in [0.25, 0.3) is 0 Å². The number of aromatic nitrogens is 2. The van der Waals surface area contributed by atoms with E-state index < -0.39 is 0 Å². The Kier molecular flexibility index (Phi) is 3.96. The molecule has 1 heterocycles. The third kappa shape index (κ3) is 3.57. The maximum atomic E-state index is 10.9. The molecule has 1 amide bonds. The van der Waals surface area contributed by atoms with Gasteiger partial charge in [-0.3, -0.25) is 9.89 Å². The van der Waals surface area contributed by atoms with Crippen LogP contribution in [-0.4, -0.2) is 22.3 Å². The van der Waals surface area contributed by atoms with E-state index in [2.05, 4.69) is 20.5 Å². The molecule has 0 radical (unpaired) electrons. The van der Waals surface area contributed by atoms with E-state index in [-0.39, 0.29) is 5.91 Å². The van der Waals surface area contributed by atoms with Gasteiger partial charge in [0.05, 0.1) is 0 Å². The Morgan fingerprint density at radius 1 is 1.50 bits per heavy atom. The smallest absolute Gasteiger partial charge is 0.230 e. The molecule has 0 unspecified atom stereocenters. The van der Waals surface area contributed by atoms with Crippen LogP contribution < -0.4 is 5.32 Å². The van der Waals surface area contributed by atoms with Gasteiger partial charge in [-0.2, -0.15) is 0 Å². The lowest BCUT2D eigenvalue weighted by atomic mass is 10.2. The lowest BCUT2D eigenvalue weighted by Crippen LogP contribution is -2.05. The van der Waals surface area contributed by atoms with E-state index in [1.165, 1.54) is 18.3 Å². The van der Waals surface area contributed by atoms with E-state index in [1.807, 2.05) is 24.3 Å². The zero-order valence-corrected chi connectivity index (χ0v) is 11.1. The molecule has 0 bridgehead atoms. The summed E-state index contributed by atoms with van der Waals surface area (Å²) in [6.45, 7) is 1.47. The molecule has 0 aliphatic carbocycles. The molecule has 2 aromatic rings. The molecule has 0 saturated heterocycles. The highest BCUT2D eigenvalue weighted by Gasteiger charge is 1.96. The fraction of sp³-hybridized carbons (Fsp3) is 0.0909. The zero-order chi connectivity index (χ0) is 13.0. The maximum absolute atomic E-state index is 10.9. The summed E-state index contributed by atoms with van der Waals surface area (Å²) < 4.78 is 0.600. The summed E-state index contributed by atoms with van der Waals surface area (Å²) in [7, 11) is 0. The van der Waals surface area contributed by atoms with Crippen LogP contribution in [0.1, 0.15) is 12.5 Å². The Morgan fingerprint density at radius 3 is 2.78 bits per heavy atom. The van der Waals surface area contributed by atoms with Gasteiger partial charge in [-0.1, -0.05) is 23.5 Å². The van der Waals surface area contributed by atoms with Crippen LogP contribution in [0.3, 0.4) is 0 Å². The first-order chi connectivity index (χ1) is 8.63. The summed E-state index contributed by atoms with van der Waals surface area (Å²) in [5.74, 6) is -0.0901. The zero-order valence-electron chi connectivity index (χ0n) is 9.51. The Labute approximate surface area is 113 Å². The van der Waals surface area contributed by atoms with E-state index >= 15 is 0 Å². The van der Waals surface area contributed by atoms with Crippen molar-refractivity contribution in [3.63, 3.8) is 0 Å². The number of carbonyl (C=O) groups is 1. The first kappa shape index (κ1) is 12.6. The van der Waals surface area contributed by atoms with Crippen molar-refractivity contribution in [1.29, 1.82) is 0 Å². The molecule has 2 N–H and O–H groups in total. The number of benzene rings is 1. The minimum atomic E-state index is -0.0901. The maximum Gasteiger partial charge on any atom is 0.230 e. The number of anilines is 1. The molecule has 18 heavy (non-hydrogen) atoms. The van der Waals surface area contributed by atoms with Gasteiger partial charge in [-0.05, 0) is 29.9 Å². The van der Waals surface area contributed by atoms with Crippen molar-refractivity contribution in [2.24, 2.45) is 4.99 Å². The number of aliphatic imine (C=N–C) groups is 1. The minimum absolute atomic E-state index is 0.0901. The number of hydrogen-bond donors (Lipinski definition) is 2. The third-order valence-corrected chi connectivity index (χ3v) is 2.98. The van der Waals surface area contributed by atoms with Crippen LogP contribution in [0.2, 0.25) is 0 Å². The summed E-state index contributed by atoms with van der Waals surface area (Å²) in [6, 6.07) is 7.35. The van der Waals surface area contributed by atoms with Crippen LogP contribution >= 0.6 is 23.6 Å². The molecule has 0 spiro atoms. The first-order valence-electron chi connectivity index (χ1n) is 5.11. The van der Waals surface area contributed by atoms with Crippen molar-refractivity contribution in [1.82, 2.24) is 10.2 Å². The Balaban J connectivity index is 2.08. The van der Waals surface area contributed by atoms with Crippen LogP contribution in [0.5, 0.6) is 0 Å². The fourth-order valence-electron chi connectivity index (χ4n) is 1.26. The van der Waals surface area contributed by atoms with Crippen molar-refractivity contribution < 1.29 is 4.79 Å². The van der Waals surface area contributed by atoms with E-state index in [4.69, 9.17) is 12.2 Å². The molecule has 0 saturated carbocycles. The monoisotopic (exact) mass is 278 g/mol. The number of aromatic amines is 1. The molecular weight excluding hydrogens is 268 g/mol. The summed E-state index contributed by atoms with van der Waals surface area (Å²) in [5.41, 5.74) is 1.68. The molecule has 1 aromatic carbocycles. The van der Waals surface area contributed by atoms with Crippen molar-refractivity contribution in [3.8, 4) is 0 Å². The third-order valence-electron chi connectivity index (χ3n) is 1.98. The number of H-pyrrole nitrogens is 1. The molecule has 5 nitrogen and oxygen atoms in total. The lowest BCUT2D eigenvalue weighted by Gasteiger charge is -2.01. The summed E-state index contributed by atoms with van der Waals surface area (Å²) in [4.78, 5) is 15.0. The highest BCUT2D eigenvalue weighted by molar-refractivity contribution is 7.73. The molecule has 7 heteroatoms. The van der Waals surface area contributed by atoms with Gasteiger partial charge in [-0.25, -0.2) is 4.99 Å². The predicted molar refractivity (Wildman–Crippen MR) is 75.3 cm³/mol. The average molecular weight is 278 g/mol. The highest BCUT2D eigenvalue weighted by atomic mass is 32.1. The number of amides is 1. The van der Waals surface area contributed by atoms with Crippen molar-refractivity contribution in [3.05, 3.63) is 33.8 Å². The topological polar surface area (TPSA) is 70.1 Å². The normalized spacial score (nSPS) is 10.7. The van der Waals surface area contributed by atoms with Crippen LogP contribution in [0.25, 0.3) is 0 Å². The SMILES string of the molecule is CC(=O)Nc1ccc(C=Nc2n[nH]c(=S)s2)cc1. The molecule has 1 aromatic heterocycles. The van der Waals surface area contributed by atoms with Crippen LogP contribution in [0.4, 0.5) is 10.8 Å². The Hall–Kier alpha value is -1.86. The lowest BCUT2D eigenvalue weighted by molar-refractivity contribution is -0.114. The van der Waals surface area contributed by atoms with Gasteiger partial charge in [0, 0.05) is 18.8 Å². The minimum Gasteiger partial charge on any atom is -0.326 e. The average Bonchev–Trinajstić information content (AvgIpc) is 2.74. The molecule has 2 rings (SSSR count). The number of carbonyl (C=O) groups excluding carboxylic acids is 1. The van der Waals surface area contributed by atoms with E-state index in [0.29, 0.717) is 9.09 Å². The molecule has 0 aliphatic heterocycles. The van der Waals surface area contributed by atoms with Crippen LogP contribution in [0.15, 0.2) is 29.3 Å². The van der Waals surface area contributed by atoms with Crippen molar-refractivity contribution in [2.45, 2.75) is 6.92 Å². The first-order valence-corrected chi connectivity index (χ1v) is 6.33. The Morgan fingerprint density at radius 2 is 2.22 bits per heavy atom. The predicted octanol–water partition coefficient (Wildman–Crippen LogP) is 2.91. The molecular formula is C11H10N4OS2. The quantitative estimate of drug-likeness (QED) is 0.670. The van der Waals surface area contributed by atoms with Gasteiger partial charge >= 0.3 is 0 Å². The number of nitrogens with zero attached hydrogens (tertiary/aromatic N) is 2. The molecule has 92 valence electrons. The van der Waals surface area contributed by atoms with Gasteiger partial charge in [-0.15, -0.1) is 5.10 Å². The van der Waals surface area contributed by atoms with Gasteiger partial charge in [0.15, 0.2) is 3.95 Å².